The predicted octanol–water partition coefficient (Wildman–Crippen LogP) is 4.91. The van der Waals surface area contributed by atoms with Crippen LogP contribution in [-0.2, 0) is 27.2 Å². The first-order valence-corrected chi connectivity index (χ1v) is 12.0. The predicted molar refractivity (Wildman–Crippen MR) is 139 cm³/mol. The summed E-state index contributed by atoms with van der Waals surface area (Å²) in [6, 6.07) is 20.6. The quantitative estimate of drug-likeness (QED) is 0.221. The van der Waals surface area contributed by atoms with Gasteiger partial charge in [-0.05, 0) is 59.9 Å². The van der Waals surface area contributed by atoms with Crippen molar-refractivity contribution >= 4 is 18.0 Å². The Kier molecular flexibility index (Phi) is 8.46. The smallest absolute Gasteiger partial charge is 0.336 e. The summed E-state index contributed by atoms with van der Waals surface area (Å²) in [6.07, 6.45) is 4.20. The summed E-state index contributed by atoms with van der Waals surface area (Å²) >= 11 is 0. The van der Waals surface area contributed by atoms with Crippen LogP contribution in [0.15, 0.2) is 72.8 Å². The standard InChI is InChI=1S/C30H30O7/c1-33-25-12-9-21(17-27(25)34-2)15-23-19-36-30(32)24(23)16-22-10-13-26(28(18-22)35-3)37-29(31)14-11-20-7-5-4-6-8-20/h4-14,17-18,23-24H,15-16,19H2,1-3H3/b14-11+/t23-,24+/m0/s1. The topological polar surface area (TPSA) is 80.3 Å². The van der Waals surface area contributed by atoms with Crippen molar-refractivity contribution in [2.45, 2.75) is 12.8 Å². The third kappa shape index (κ3) is 6.50. The van der Waals surface area contributed by atoms with Gasteiger partial charge in [0.25, 0.3) is 0 Å². The van der Waals surface area contributed by atoms with E-state index in [1.54, 1.807) is 32.4 Å². The van der Waals surface area contributed by atoms with Crippen LogP contribution in [0, 0.1) is 11.8 Å². The summed E-state index contributed by atoms with van der Waals surface area (Å²) in [5.74, 6) is 1.01. The van der Waals surface area contributed by atoms with E-state index in [4.69, 9.17) is 23.7 Å². The average Bonchev–Trinajstić information content (AvgIpc) is 3.26. The SMILES string of the molecule is COc1ccc(C[C@H]2COC(=O)[C@@H]2Cc2ccc(OC(=O)/C=C/c3ccccc3)c(OC)c2)cc1OC. The fourth-order valence-corrected chi connectivity index (χ4v) is 4.41. The van der Waals surface area contributed by atoms with Gasteiger partial charge in [-0.25, -0.2) is 4.79 Å². The van der Waals surface area contributed by atoms with E-state index >= 15 is 0 Å². The molecule has 0 radical (unpaired) electrons. The lowest BCUT2D eigenvalue weighted by Crippen LogP contribution is -2.20. The zero-order valence-corrected chi connectivity index (χ0v) is 21.1. The van der Waals surface area contributed by atoms with Crippen molar-refractivity contribution in [3.05, 3.63) is 89.5 Å². The summed E-state index contributed by atoms with van der Waals surface area (Å²) in [5, 5.41) is 0. The molecule has 1 heterocycles. The number of hydrogen-bond acceptors (Lipinski definition) is 7. The Morgan fingerprint density at radius 1 is 0.838 bits per heavy atom. The molecule has 3 aromatic carbocycles. The molecule has 0 saturated carbocycles. The monoisotopic (exact) mass is 502 g/mol. The molecule has 0 amide bonds. The van der Waals surface area contributed by atoms with Crippen LogP contribution in [0.4, 0.5) is 0 Å². The molecule has 1 aliphatic rings. The number of rotatable bonds is 10. The lowest BCUT2D eigenvalue weighted by molar-refractivity contribution is -0.141. The number of esters is 2. The number of ether oxygens (including phenoxy) is 5. The molecule has 1 fully saturated rings. The number of cyclic esters (lactones) is 1. The second kappa shape index (κ2) is 12.1. The van der Waals surface area contributed by atoms with Crippen molar-refractivity contribution in [3.63, 3.8) is 0 Å². The van der Waals surface area contributed by atoms with E-state index in [1.165, 1.54) is 13.2 Å². The maximum Gasteiger partial charge on any atom is 0.336 e. The highest BCUT2D eigenvalue weighted by molar-refractivity contribution is 5.89. The Balaban J connectivity index is 1.44. The van der Waals surface area contributed by atoms with Crippen molar-refractivity contribution in [2.75, 3.05) is 27.9 Å². The van der Waals surface area contributed by atoms with Crippen LogP contribution in [0.25, 0.3) is 6.08 Å². The van der Waals surface area contributed by atoms with Gasteiger partial charge in [-0.2, -0.15) is 0 Å². The second-order valence-electron chi connectivity index (χ2n) is 8.74. The van der Waals surface area contributed by atoms with Gasteiger partial charge in [-0.1, -0.05) is 42.5 Å². The first-order valence-electron chi connectivity index (χ1n) is 12.0. The Hall–Kier alpha value is -4.26. The molecule has 2 atom stereocenters. The van der Waals surface area contributed by atoms with Gasteiger partial charge in [-0.3, -0.25) is 4.79 Å². The molecule has 0 aliphatic carbocycles. The molecule has 1 saturated heterocycles. The third-order valence-corrected chi connectivity index (χ3v) is 6.36. The maximum atomic E-state index is 12.6. The molecule has 1 aliphatic heterocycles. The number of hydrogen-bond donors (Lipinski definition) is 0. The molecule has 192 valence electrons. The molecule has 0 N–H and O–H groups in total. The van der Waals surface area contributed by atoms with Gasteiger partial charge in [0.2, 0.25) is 0 Å². The van der Waals surface area contributed by atoms with E-state index < -0.39 is 5.97 Å². The van der Waals surface area contributed by atoms with Crippen LogP contribution in [0.2, 0.25) is 0 Å². The van der Waals surface area contributed by atoms with Crippen LogP contribution < -0.4 is 18.9 Å². The maximum absolute atomic E-state index is 12.6. The van der Waals surface area contributed by atoms with Crippen LogP contribution in [0.3, 0.4) is 0 Å². The minimum Gasteiger partial charge on any atom is -0.493 e. The van der Waals surface area contributed by atoms with Gasteiger partial charge in [-0.15, -0.1) is 0 Å². The van der Waals surface area contributed by atoms with Crippen molar-refractivity contribution < 1.29 is 33.3 Å². The Morgan fingerprint density at radius 3 is 2.14 bits per heavy atom. The summed E-state index contributed by atoms with van der Waals surface area (Å²) < 4.78 is 27.1. The van der Waals surface area contributed by atoms with E-state index in [1.807, 2.05) is 54.6 Å². The van der Waals surface area contributed by atoms with Crippen molar-refractivity contribution in [1.29, 1.82) is 0 Å². The Labute approximate surface area is 216 Å². The van der Waals surface area contributed by atoms with Crippen LogP contribution in [-0.4, -0.2) is 39.9 Å². The molecule has 3 aromatic rings. The van der Waals surface area contributed by atoms with Gasteiger partial charge >= 0.3 is 11.9 Å². The third-order valence-electron chi connectivity index (χ3n) is 6.36. The molecule has 37 heavy (non-hydrogen) atoms. The first kappa shape index (κ1) is 25.8. The number of carbonyl (C=O) groups is 2. The second-order valence-corrected chi connectivity index (χ2v) is 8.74. The minimum atomic E-state index is -0.510. The van der Waals surface area contributed by atoms with E-state index in [9.17, 15) is 9.59 Å². The number of benzene rings is 3. The Bertz CT molecular complexity index is 1270. The van der Waals surface area contributed by atoms with Crippen molar-refractivity contribution in [3.8, 4) is 23.0 Å². The highest BCUT2D eigenvalue weighted by Gasteiger charge is 2.37. The van der Waals surface area contributed by atoms with Gasteiger partial charge in [0.05, 0.1) is 33.9 Å². The van der Waals surface area contributed by atoms with E-state index in [0.717, 1.165) is 16.7 Å². The fraction of sp³-hybridized carbons (Fsp3) is 0.267. The summed E-state index contributed by atoms with van der Waals surface area (Å²) in [6.45, 7) is 0.360. The molecule has 0 spiro atoms. The molecule has 7 heteroatoms. The first-order chi connectivity index (χ1) is 18.0. The van der Waals surface area contributed by atoms with Gasteiger partial charge < -0.3 is 23.7 Å². The van der Waals surface area contributed by atoms with Crippen LogP contribution in [0.1, 0.15) is 16.7 Å². The molecule has 0 bridgehead atoms. The van der Waals surface area contributed by atoms with E-state index in [-0.39, 0.29) is 17.8 Å². The van der Waals surface area contributed by atoms with Crippen molar-refractivity contribution in [2.24, 2.45) is 11.8 Å². The molecule has 0 aromatic heterocycles. The highest BCUT2D eigenvalue weighted by atomic mass is 16.6. The fourth-order valence-electron chi connectivity index (χ4n) is 4.41. The Morgan fingerprint density at radius 2 is 1.46 bits per heavy atom. The van der Waals surface area contributed by atoms with E-state index in [0.29, 0.717) is 42.4 Å². The lowest BCUT2D eigenvalue weighted by Gasteiger charge is -2.17. The summed E-state index contributed by atoms with van der Waals surface area (Å²) in [5.41, 5.74) is 2.82. The van der Waals surface area contributed by atoms with Crippen LogP contribution >= 0.6 is 0 Å². The zero-order valence-electron chi connectivity index (χ0n) is 21.1. The largest absolute Gasteiger partial charge is 0.493 e. The van der Waals surface area contributed by atoms with E-state index in [2.05, 4.69) is 0 Å². The van der Waals surface area contributed by atoms with Crippen molar-refractivity contribution in [1.82, 2.24) is 0 Å². The summed E-state index contributed by atoms with van der Waals surface area (Å²) in [7, 11) is 4.71. The van der Waals surface area contributed by atoms with Crippen LogP contribution in [0.5, 0.6) is 23.0 Å². The molecular formula is C30H30O7. The molecule has 7 nitrogen and oxygen atoms in total. The minimum absolute atomic E-state index is 0.0113. The molecule has 0 unspecified atom stereocenters. The summed E-state index contributed by atoms with van der Waals surface area (Å²) in [4.78, 5) is 24.9. The lowest BCUT2D eigenvalue weighted by atomic mass is 9.85. The van der Waals surface area contributed by atoms with Gasteiger partial charge in [0.1, 0.15) is 0 Å². The molecular weight excluding hydrogens is 472 g/mol. The van der Waals surface area contributed by atoms with Gasteiger partial charge in [0, 0.05) is 12.0 Å². The van der Waals surface area contributed by atoms with Gasteiger partial charge in [0.15, 0.2) is 23.0 Å². The number of carbonyl (C=O) groups excluding carboxylic acids is 2. The normalized spacial score (nSPS) is 16.9. The molecule has 4 rings (SSSR count). The average molecular weight is 503 g/mol. The number of methoxy groups -OCH3 is 3. The highest BCUT2D eigenvalue weighted by Crippen LogP contribution is 2.35. The zero-order chi connectivity index (χ0) is 26.2.